The molecule has 0 unspecified atom stereocenters. The van der Waals surface area contributed by atoms with Gasteiger partial charge < -0.3 is 5.32 Å². The summed E-state index contributed by atoms with van der Waals surface area (Å²) in [6.45, 7) is 2.07. The van der Waals surface area contributed by atoms with Crippen molar-refractivity contribution in [1.82, 2.24) is 15.2 Å². The minimum Gasteiger partial charge on any atom is -0.310 e. The van der Waals surface area contributed by atoms with Crippen molar-refractivity contribution in [2.24, 2.45) is 0 Å². The molecule has 2 aromatic rings. The quantitative estimate of drug-likeness (QED) is 0.760. The molecule has 0 aromatic carbocycles. The molecule has 5 nitrogen and oxygen atoms in total. The Morgan fingerprint density at radius 3 is 2.75 bits per heavy atom. The van der Waals surface area contributed by atoms with E-state index in [4.69, 9.17) is 0 Å². The van der Waals surface area contributed by atoms with Crippen LogP contribution in [-0.2, 0) is 4.79 Å². The Kier molecular flexibility index (Phi) is 6.27. The molecule has 1 N–H and O–H groups in total. The molecule has 2 heterocycles. The van der Waals surface area contributed by atoms with Gasteiger partial charge in [-0.25, -0.2) is 4.98 Å². The lowest BCUT2D eigenvalue weighted by molar-refractivity contribution is -0.113. The summed E-state index contributed by atoms with van der Waals surface area (Å²) in [7, 11) is 0. The smallest absolute Gasteiger partial charge is 0.235 e. The first-order valence-electron chi connectivity index (χ1n) is 5.68. The number of hydrogen-bond donors (Lipinski definition) is 1. The number of nitrogens with zero attached hydrogens (tertiary/aromatic N) is 3. The van der Waals surface area contributed by atoms with E-state index in [9.17, 15) is 4.79 Å². The number of aromatic nitrogens is 3. The highest BCUT2D eigenvalue weighted by Crippen LogP contribution is 2.28. The van der Waals surface area contributed by atoms with Crippen LogP contribution in [-0.4, -0.2) is 32.6 Å². The lowest BCUT2D eigenvalue weighted by Crippen LogP contribution is -2.14. The number of nitrogens with one attached hydrogen (secondary N) is 1. The zero-order valence-electron chi connectivity index (χ0n) is 10.5. The molecular weight excluding hydrogens is 380 g/mol. The summed E-state index contributed by atoms with van der Waals surface area (Å²) in [6, 6.07) is 3.57. The van der Waals surface area contributed by atoms with E-state index in [1.807, 2.05) is 6.07 Å². The fourth-order valence-corrected chi connectivity index (χ4v) is 4.14. The molecule has 0 saturated heterocycles. The highest BCUT2D eigenvalue weighted by Gasteiger charge is 2.08. The first-order valence-corrected chi connectivity index (χ1v) is 9.26. The van der Waals surface area contributed by atoms with E-state index in [0.29, 0.717) is 11.6 Å². The predicted molar refractivity (Wildman–Crippen MR) is 87.6 cm³/mol. The van der Waals surface area contributed by atoms with Crippen LogP contribution < -0.4 is 5.32 Å². The van der Waals surface area contributed by atoms with E-state index in [1.165, 1.54) is 23.1 Å². The van der Waals surface area contributed by atoms with E-state index in [-0.39, 0.29) is 5.91 Å². The summed E-state index contributed by atoms with van der Waals surface area (Å²) >= 11 is 7.83. The number of carbonyl (C=O) groups excluding carboxylic acids is 1. The van der Waals surface area contributed by atoms with E-state index >= 15 is 0 Å². The molecule has 2 aromatic heterocycles. The zero-order chi connectivity index (χ0) is 14.4. The summed E-state index contributed by atoms with van der Waals surface area (Å²) in [5, 5.41) is 10.8. The molecule has 1 amide bonds. The Morgan fingerprint density at radius 1 is 1.35 bits per heavy atom. The van der Waals surface area contributed by atoms with Gasteiger partial charge in [0.05, 0.1) is 5.75 Å². The van der Waals surface area contributed by atoms with E-state index < -0.39 is 0 Å². The molecule has 0 atom stereocenters. The first-order chi connectivity index (χ1) is 9.67. The highest BCUT2D eigenvalue weighted by molar-refractivity contribution is 9.10. The summed E-state index contributed by atoms with van der Waals surface area (Å²) in [5.74, 6) is 1.70. The maximum atomic E-state index is 11.8. The molecule has 0 saturated carbocycles. The van der Waals surface area contributed by atoms with Gasteiger partial charge in [-0.3, -0.25) is 4.79 Å². The molecule has 2 rings (SSSR count). The fourth-order valence-electron chi connectivity index (χ4n) is 1.19. The maximum Gasteiger partial charge on any atom is 0.235 e. The minimum atomic E-state index is -0.107. The molecule has 20 heavy (non-hydrogen) atoms. The van der Waals surface area contributed by atoms with Crippen molar-refractivity contribution < 1.29 is 4.79 Å². The van der Waals surface area contributed by atoms with Crippen LogP contribution in [0.5, 0.6) is 0 Å². The maximum absolute atomic E-state index is 11.8. The second-order valence-electron chi connectivity index (χ2n) is 3.47. The van der Waals surface area contributed by atoms with Gasteiger partial charge >= 0.3 is 0 Å². The number of pyridine rings is 1. The second kappa shape index (κ2) is 7.96. The van der Waals surface area contributed by atoms with Gasteiger partial charge in [0.15, 0.2) is 8.68 Å². The molecule has 9 heteroatoms. The predicted octanol–water partition coefficient (Wildman–Crippen LogP) is 3.54. The molecule has 0 aliphatic rings. The summed E-state index contributed by atoms with van der Waals surface area (Å²) in [5.41, 5.74) is 0. The molecule has 0 aliphatic carbocycles. The summed E-state index contributed by atoms with van der Waals surface area (Å²) < 4.78 is 2.62. The normalized spacial score (nSPS) is 10.5. The Labute approximate surface area is 137 Å². The standard InChI is InChI=1S/C11H11BrN4OS3/c1-2-18-10-15-16-11(20-10)19-6-9(17)14-8-4-3-7(12)5-13-8/h3-5H,2,6H2,1H3,(H,13,14,17). The molecule has 0 radical (unpaired) electrons. The number of hydrogen-bond acceptors (Lipinski definition) is 7. The van der Waals surface area contributed by atoms with Crippen molar-refractivity contribution >= 4 is 62.5 Å². The third kappa shape index (κ3) is 5.04. The van der Waals surface area contributed by atoms with E-state index in [2.05, 4.69) is 43.4 Å². The van der Waals surface area contributed by atoms with Crippen molar-refractivity contribution in [2.75, 3.05) is 16.8 Å². The fraction of sp³-hybridized carbons (Fsp3) is 0.273. The van der Waals surface area contributed by atoms with Gasteiger partial charge in [0, 0.05) is 10.7 Å². The summed E-state index contributed by atoms with van der Waals surface area (Å²) in [6.07, 6.45) is 1.64. The number of carbonyl (C=O) groups is 1. The van der Waals surface area contributed by atoms with Crippen LogP contribution in [0.25, 0.3) is 0 Å². The van der Waals surface area contributed by atoms with Gasteiger partial charge in [0.25, 0.3) is 0 Å². The largest absolute Gasteiger partial charge is 0.310 e. The van der Waals surface area contributed by atoms with Crippen LogP contribution in [0.4, 0.5) is 5.82 Å². The third-order valence-electron chi connectivity index (χ3n) is 1.98. The molecule has 0 bridgehead atoms. The molecule has 0 fully saturated rings. The van der Waals surface area contributed by atoms with Gasteiger partial charge in [-0.05, 0) is 33.8 Å². The van der Waals surface area contributed by atoms with Crippen LogP contribution in [0.15, 0.2) is 31.5 Å². The van der Waals surface area contributed by atoms with Gasteiger partial charge in [-0.2, -0.15) is 0 Å². The summed E-state index contributed by atoms with van der Waals surface area (Å²) in [4.78, 5) is 15.9. The molecular formula is C11H11BrN4OS3. The molecule has 0 aliphatic heterocycles. The van der Waals surface area contributed by atoms with Gasteiger partial charge in [-0.1, -0.05) is 41.8 Å². The Morgan fingerprint density at radius 2 is 2.10 bits per heavy atom. The van der Waals surface area contributed by atoms with Gasteiger partial charge in [-0.15, -0.1) is 10.2 Å². The number of thioether (sulfide) groups is 2. The Bertz CT molecular complexity index is 575. The first kappa shape index (κ1) is 15.7. The third-order valence-corrected chi connectivity index (χ3v) is 5.52. The SMILES string of the molecule is CCSc1nnc(SCC(=O)Nc2ccc(Br)cn2)s1. The zero-order valence-corrected chi connectivity index (χ0v) is 14.5. The molecule has 106 valence electrons. The Balaban J connectivity index is 1.80. The van der Waals surface area contributed by atoms with Gasteiger partial charge in [0.2, 0.25) is 5.91 Å². The minimum absolute atomic E-state index is 0.107. The Hall–Kier alpha value is -0.640. The molecule has 0 spiro atoms. The average Bonchev–Trinajstić information content (AvgIpc) is 2.87. The van der Waals surface area contributed by atoms with E-state index in [0.717, 1.165) is 18.9 Å². The van der Waals surface area contributed by atoms with Crippen molar-refractivity contribution in [3.8, 4) is 0 Å². The van der Waals surface area contributed by atoms with E-state index in [1.54, 1.807) is 24.0 Å². The monoisotopic (exact) mass is 390 g/mol. The number of anilines is 1. The van der Waals surface area contributed by atoms with Gasteiger partial charge in [0.1, 0.15) is 5.82 Å². The van der Waals surface area contributed by atoms with Crippen LogP contribution in [0.1, 0.15) is 6.92 Å². The topological polar surface area (TPSA) is 67.8 Å². The lowest BCUT2D eigenvalue weighted by Gasteiger charge is -2.02. The highest BCUT2D eigenvalue weighted by atomic mass is 79.9. The van der Waals surface area contributed by atoms with Crippen LogP contribution in [0, 0.1) is 0 Å². The number of halogens is 1. The van der Waals surface area contributed by atoms with Crippen LogP contribution in [0.3, 0.4) is 0 Å². The van der Waals surface area contributed by atoms with Crippen molar-refractivity contribution in [3.63, 3.8) is 0 Å². The van der Waals surface area contributed by atoms with Crippen molar-refractivity contribution in [1.29, 1.82) is 0 Å². The second-order valence-corrected chi connectivity index (χ2v) is 8.09. The average molecular weight is 391 g/mol. The van der Waals surface area contributed by atoms with Crippen LogP contribution in [0.2, 0.25) is 0 Å². The van der Waals surface area contributed by atoms with Crippen molar-refractivity contribution in [2.45, 2.75) is 15.6 Å². The number of rotatable bonds is 6. The number of amides is 1. The van der Waals surface area contributed by atoms with Crippen LogP contribution >= 0.6 is 50.8 Å². The van der Waals surface area contributed by atoms with Crippen molar-refractivity contribution in [3.05, 3.63) is 22.8 Å². The lowest BCUT2D eigenvalue weighted by atomic mass is 10.4.